The standard InChI is InChI=1S/C27H29ClN2O4/c1-29-15-16-30(2)27(33)34-26-23(24(31)21-5-3-4-6-22(21)25(26)32)19-9-7-17(8-10-19)18-11-13-20(28)14-12-18/h3-6,11-14,17,19,29H,7-10,15-16H2,1-2H3. The van der Waals surface area contributed by atoms with Crippen molar-refractivity contribution in [3.8, 4) is 0 Å². The van der Waals surface area contributed by atoms with E-state index in [1.165, 1.54) is 10.5 Å². The zero-order chi connectivity index (χ0) is 24.2. The van der Waals surface area contributed by atoms with E-state index in [1.807, 2.05) is 24.3 Å². The second-order valence-electron chi connectivity index (χ2n) is 8.94. The second kappa shape index (κ2) is 10.5. The molecule has 0 unspecified atom stereocenters. The molecule has 2 aliphatic rings. The van der Waals surface area contributed by atoms with E-state index < -0.39 is 11.9 Å². The van der Waals surface area contributed by atoms with Gasteiger partial charge in [-0.3, -0.25) is 9.59 Å². The van der Waals surface area contributed by atoms with Crippen molar-refractivity contribution >= 4 is 29.3 Å². The van der Waals surface area contributed by atoms with Crippen molar-refractivity contribution < 1.29 is 19.1 Å². The van der Waals surface area contributed by atoms with Gasteiger partial charge in [-0.1, -0.05) is 48.0 Å². The lowest BCUT2D eigenvalue weighted by atomic mass is 9.72. The number of allylic oxidation sites excluding steroid dienone is 2. The Balaban J connectivity index is 1.61. The summed E-state index contributed by atoms with van der Waals surface area (Å²) in [6.45, 7) is 1.00. The fourth-order valence-electron chi connectivity index (χ4n) is 4.83. The highest BCUT2D eigenvalue weighted by Gasteiger charge is 2.40. The van der Waals surface area contributed by atoms with Gasteiger partial charge >= 0.3 is 6.09 Å². The molecule has 0 heterocycles. The summed E-state index contributed by atoms with van der Waals surface area (Å²) in [5.41, 5.74) is 2.23. The van der Waals surface area contributed by atoms with Gasteiger partial charge in [0.1, 0.15) is 0 Å². The normalized spacial score (nSPS) is 20.2. The Morgan fingerprint density at radius 2 is 1.56 bits per heavy atom. The Bertz CT molecular complexity index is 1120. The molecule has 1 N–H and O–H groups in total. The van der Waals surface area contributed by atoms with E-state index in [-0.39, 0.29) is 23.0 Å². The van der Waals surface area contributed by atoms with Crippen molar-refractivity contribution in [1.82, 2.24) is 10.2 Å². The predicted octanol–water partition coefficient (Wildman–Crippen LogP) is 5.23. The van der Waals surface area contributed by atoms with E-state index in [0.717, 1.165) is 25.7 Å². The highest BCUT2D eigenvalue weighted by Crippen LogP contribution is 2.42. The van der Waals surface area contributed by atoms with Crippen LogP contribution in [0, 0.1) is 5.92 Å². The van der Waals surface area contributed by atoms with Crippen LogP contribution in [0.25, 0.3) is 0 Å². The van der Waals surface area contributed by atoms with Gasteiger partial charge in [-0.25, -0.2) is 4.79 Å². The molecule has 2 aromatic carbocycles. The molecular weight excluding hydrogens is 452 g/mol. The number of likely N-dealkylation sites (N-methyl/N-ethyl adjacent to an activating group) is 2. The Morgan fingerprint density at radius 1 is 0.971 bits per heavy atom. The molecule has 1 fully saturated rings. The van der Waals surface area contributed by atoms with Gasteiger partial charge < -0.3 is 15.0 Å². The summed E-state index contributed by atoms with van der Waals surface area (Å²) in [6, 6.07) is 14.6. The van der Waals surface area contributed by atoms with Crippen molar-refractivity contribution in [3.63, 3.8) is 0 Å². The van der Waals surface area contributed by atoms with Crippen molar-refractivity contribution in [3.05, 3.63) is 81.6 Å². The fourth-order valence-corrected chi connectivity index (χ4v) is 4.96. The quantitative estimate of drug-likeness (QED) is 0.612. The minimum absolute atomic E-state index is 0.111. The molecular formula is C27H29ClN2O4. The molecule has 6 nitrogen and oxygen atoms in total. The van der Waals surface area contributed by atoms with Gasteiger partial charge in [0.15, 0.2) is 11.5 Å². The molecule has 1 amide bonds. The number of hydrogen-bond donors (Lipinski definition) is 1. The maximum atomic E-state index is 13.5. The minimum Gasteiger partial charge on any atom is -0.406 e. The molecule has 34 heavy (non-hydrogen) atoms. The molecule has 0 radical (unpaired) electrons. The van der Waals surface area contributed by atoms with Crippen LogP contribution in [0.4, 0.5) is 4.79 Å². The van der Waals surface area contributed by atoms with Gasteiger partial charge in [0.2, 0.25) is 5.78 Å². The van der Waals surface area contributed by atoms with Crippen LogP contribution in [0.5, 0.6) is 0 Å². The first-order valence-electron chi connectivity index (χ1n) is 11.7. The zero-order valence-electron chi connectivity index (χ0n) is 19.5. The number of ether oxygens (including phenoxy) is 1. The third-order valence-corrected chi connectivity index (χ3v) is 7.04. The summed E-state index contributed by atoms with van der Waals surface area (Å²) in [7, 11) is 3.40. The third-order valence-electron chi connectivity index (χ3n) is 6.79. The Kier molecular flexibility index (Phi) is 7.49. The maximum absolute atomic E-state index is 13.5. The number of carbonyl (C=O) groups excluding carboxylic acids is 3. The lowest BCUT2D eigenvalue weighted by Gasteiger charge is -2.32. The largest absolute Gasteiger partial charge is 0.415 e. The SMILES string of the molecule is CNCCN(C)C(=O)OC1=C(C2CCC(c3ccc(Cl)cc3)CC2)C(=O)c2ccccc2C1=O. The third kappa shape index (κ3) is 4.93. The Morgan fingerprint density at radius 3 is 2.18 bits per heavy atom. The van der Waals surface area contributed by atoms with E-state index in [2.05, 4.69) is 5.32 Å². The lowest BCUT2D eigenvalue weighted by molar-refractivity contribution is 0.0857. The molecule has 0 aromatic heterocycles. The summed E-state index contributed by atoms with van der Waals surface area (Å²) in [5.74, 6) is -0.501. The molecule has 2 aromatic rings. The van der Waals surface area contributed by atoms with E-state index in [9.17, 15) is 14.4 Å². The van der Waals surface area contributed by atoms with Crippen molar-refractivity contribution in [1.29, 1.82) is 0 Å². The average molecular weight is 481 g/mol. The smallest absolute Gasteiger partial charge is 0.406 e. The first-order chi connectivity index (χ1) is 16.4. The molecule has 0 bridgehead atoms. The molecule has 0 saturated heterocycles. The Hall–Kier alpha value is -2.96. The molecule has 7 heteroatoms. The van der Waals surface area contributed by atoms with E-state index in [0.29, 0.717) is 35.2 Å². The van der Waals surface area contributed by atoms with Crippen LogP contribution in [-0.2, 0) is 4.74 Å². The van der Waals surface area contributed by atoms with E-state index >= 15 is 0 Å². The number of Topliss-reactive ketones (excluding diaryl/α,β-unsaturated/α-hetero) is 2. The number of carbonyl (C=O) groups is 3. The number of fused-ring (bicyclic) bond motifs is 1. The monoisotopic (exact) mass is 480 g/mol. The van der Waals surface area contributed by atoms with Gasteiger partial charge in [-0.15, -0.1) is 0 Å². The number of benzene rings is 2. The number of rotatable bonds is 6. The fraction of sp³-hybridized carbons (Fsp3) is 0.370. The topological polar surface area (TPSA) is 75.7 Å². The van der Waals surface area contributed by atoms with Gasteiger partial charge in [-0.05, 0) is 62.3 Å². The second-order valence-corrected chi connectivity index (χ2v) is 9.38. The summed E-state index contributed by atoms with van der Waals surface area (Å²) >= 11 is 6.03. The van der Waals surface area contributed by atoms with Crippen LogP contribution in [0.3, 0.4) is 0 Å². The number of nitrogens with one attached hydrogen (secondary N) is 1. The van der Waals surface area contributed by atoms with Crippen molar-refractivity contribution in [2.24, 2.45) is 5.92 Å². The minimum atomic E-state index is -0.641. The maximum Gasteiger partial charge on any atom is 0.415 e. The van der Waals surface area contributed by atoms with Crippen LogP contribution < -0.4 is 5.32 Å². The van der Waals surface area contributed by atoms with Crippen LogP contribution >= 0.6 is 11.6 Å². The van der Waals surface area contributed by atoms with Gasteiger partial charge in [-0.2, -0.15) is 0 Å². The average Bonchev–Trinajstić information content (AvgIpc) is 2.86. The Labute approximate surface area is 204 Å². The highest BCUT2D eigenvalue weighted by molar-refractivity contribution is 6.30. The predicted molar refractivity (Wildman–Crippen MR) is 131 cm³/mol. The van der Waals surface area contributed by atoms with Crippen LogP contribution in [-0.4, -0.2) is 49.7 Å². The van der Waals surface area contributed by atoms with Crippen molar-refractivity contribution in [2.45, 2.75) is 31.6 Å². The molecule has 4 rings (SSSR count). The molecule has 2 aliphatic carbocycles. The van der Waals surface area contributed by atoms with Crippen LogP contribution in [0.1, 0.15) is 57.9 Å². The molecule has 0 aliphatic heterocycles. The van der Waals surface area contributed by atoms with E-state index in [1.54, 1.807) is 38.4 Å². The summed E-state index contributed by atoms with van der Waals surface area (Å²) in [4.78, 5) is 41.1. The summed E-state index contributed by atoms with van der Waals surface area (Å²) in [5, 5.41) is 3.68. The number of halogens is 1. The van der Waals surface area contributed by atoms with E-state index in [4.69, 9.17) is 16.3 Å². The van der Waals surface area contributed by atoms with Crippen LogP contribution in [0.15, 0.2) is 59.9 Å². The number of hydrogen-bond acceptors (Lipinski definition) is 5. The zero-order valence-corrected chi connectivity index (χ0v) is 20.2. The first kappa shape index (κ1) is 24.2. The number of nitrogens with zero attached hydrogens (tertiary/aromatic N) is 1. The summed E-state index contributed by atoms with van der Waals surface area (Å²) in [6.07, 6.45) is 2.59. The number of ketones is 2. The molecule has 178 valence electrons. The van der Waals surface area contributed by atoms with Gasteiger partial charge in [0.25, 0.3) is 0 Å². The molecule has 0 spiro atoms. The summed E-state index contributed by atoms with van der Waals surface area (Å²) < 4.78 is 5.63. The van der Waals surface area contributed by atoms with Gasteiger partial charge in [0, 0.05) is 36.3 Å². The van der Waals surface area contributed by atoms with Gasteiger partial charge in [0.05, 0.1) is 5.57 Å². The van der Waals surface area contributed by atoms with Crippen LogP contribution in [0.2, 0.25) is 5.02 Å². The molecule has 0 atom stereocenters. The van der Waals surface area contributed by atoms with Crippen molar-refractivity contribution in [2.75, 3.05) is 27.2 Å². The lowest BCUT2D eigenvalue weighted by Crippen LogP contribution is -2.36. The molecule has 1 saturated carbocycles. The highest BCUT2D eigenvalue weighted by atomic mass is 35.5. The number of amides is 1. The first-order valence-corrected chi connectivity index (χ1v) is 12.0.